The summed E-state index contributed by atoms with van der Waals surface area (Å²) in [5.74, 6) is 0. The molecule has 0 radical (unpaired) electrons. The van der Waals surface area contributed by atoms with Gasteiger partial charge < -0.3 is 10.0 Å². The average Bonchev–Trinajstić information content (AvgIpc) is 2.94. The molecule has 5 heteroatoms. The third-order valence-corrected chi connectivity index (χ3v) is 3.24. The number of halogens is 3. The van der Waals surface area contributed by atoms with E-state index in [0.29, 0.717) is 18.4 Å². The molecule has 1 aromatic rings. The maximum absolute atomic E-state index is 12.7. The normalized spacial score (nSPS) is 17.7. The molecule has 0 saturated heterocycles. The van der Waals surface area contributed by atoms with E-state index in [-0.39, 0.29) is 6.42 Å². The molecule has 1 fully saturated rings. The number of rotatable bonds is 3. The van der Waals surface area contributed by atoms with Crippen LogP contribution < -0.4 is 4.90 Å². The zero-order chi connectivity index (χ0) is 13.6. The van der Waals surface area contributed by atoms with E-state index in [9.17, 15) is 18.3 Å². The maximum Gasteiger partial charge on any atom is 0.416 e. The topological polar surface area (TPSA) is 23.5 Å². The van der Waals surface area contributed by atoms with E-state index in [1.807, 2.05) is 0 Å². The highest BCUT2D eigenvalue weighted by molar-refractivity contribution is 5.55. The summed E-state index contributed by atoms with van der Waals surface area (Å²) < 4.78 is 38.0. The lowest BCUT2D eigenvalue weighted by Crippen LogP contribution is -2.18. The molecule has 1 aromatic carbocycles. The molecule has 0 amide bonds. The minimum Gasteiger partial charge on any atom is -0.390 e. The Labute approximate surface area is 104 Å². The van der Waals surface area contributed by atoms with Gasteiger partial charge >= 0.3 is 6.18 Å². The molecule has 0 unspecified atom stereocenters. The first-order valence-corrected chi connectivity index (χ1v) is 5.81. The number of nitrogens with zero attached hydrogens (tertiary/aromatic N) is 1. The van der Waals surface area contributed by atoms with E-state index in [1.165, 1.54) is 6.07 Å². The summed E-state index contributed by atoms with van der Waals surface area (Å²) in [6.07, 6.45) is -2.73. The number of aliphatic hydroxyl groups is 1. The van der Waals surface area contributed by atoms with Crippen LogP contribution in [-0.4, -0.2) is 24.8 Å². The molecule has 1 aliphatic rings. The molecule has 100 valence electrons. The quantitative estimate of drug-likeness (QED) is 0.902. The second kappa shape index (κ2) is 4.16. The van der Waals surface area contributed by atoms with Crippen molar-refractivity contribution in [2.75, 3.05) is 19.0 Å². The first-order valence-electron chi connectivity index (χ1n) is 5.81. The summed E-state index contributed by atoms with van der Waals surface area (Å²) in [5, 5.41) is 9.88. The van der Waals surface area contributed by atoms with Gasteiger partial charge in [0.15, 0.2) is 0 Å². The van der Waals surface area contributed by atoms with E-state index in [2.05, 4.69) is 0 Å². The minimum atomic E-state index is -4.34. The van der Waals surface area contributed by atoms with Gasteiger partial charge in [-0.05, 0) is 36.6 Å². The third kappa shape index (κ3) is 2.77. The van der Waals surface area contributed by atoms with Crippen LogP contribution in [0.15, 0.2) is 18.2 Å². The fourth-order valence-corrected chi connectivity index (χ4v) is 2.02. The zero-order valence-electron chi connectivity index (χ0n) is 10.4. The second-order valence-electron chi connectivity index (χ2n) is 5.14. The highest BCUT2D eigenvalue weighted by Crippen LogP contribution is 2.41. The molecule has 1 aliphatic carbocycles. The predicted molar refractivity (Wildman–Crippen MR) is 63.7 cm³/mol. The standard InChI is InChI=1S/C13H16F3NO/c1-17(2)11-4-3-10(13(14,15)16)7-9(11)8-12(18)5-6-12/h3-4,7,18H,5-6,8H2,1-2H3. The number of benzene rings is 1. The molecule has 0 atom stereocenters. The Kier molecular flexibility index (Phi) is 3.05. The highest BCUT2D eigenvalue weighted by atomic mass is 19.4. The van der Waals surface area contributed by atoms with E-state index in [1.54, 1.807) is 19.0 Å². The van der Waals surface area contributed by atoms with Crippen molar-refractivity contribution in [1.29, 1.82) is 0 Å². The van der Waals surface area contributed by atoms with Crippen molar-refractivity contribution in [3.8, 4) is 0 Å². The van der Waals surface area contributed by atoms with Crippen molar-refractivity contribution in [1.82, 2.24) is 0 Å². The van der Waals surface area contributed by atoms with E-state index in [4.69, 9.17) is 0 Å². The molecule has 1 saturated carbocycles. The number of anilines is 1. The molecule has 0 heterocycles. The number of hydrogen-bond acceptors (Lipinski definition) is 2. The van der Waals surface area contributed by atoms with Gasteiger partial charge in [0.2, 0.25) is 0 Å². The summed E-state index contributed by atoms with van der Waals surface area (Å²) in [6, 6.07) is 3.69. The second-order valence-corrected chi connectivity index (χ2v) is 5.14. The number of hydrogen-bond donors (Lipinski definition) is 1. The molecule has 0 aromatic heterocycles. The van der Waals surface area contributed by atoms with Crippen molar-refractivity contribution < 1.29 is 18.3 Å². The molecular formula is C13H16F3NO. The Morgan fingerprint density at radius 2 is 1.89 bits per heavy atom. The third-order valence-electron chi connectivity index (χ3n) is 3.24. The lowest BCUT2D eigenvalue weighted by molar-refractivity contribution is -0.137. The monoisotopic (exact) mass is 259 g/mol. The Balaban J connectivity index is 2.38. The molecule has 2 rings (SSSR count). The average molecular weight is 259 g/mol. The first-order chi connectivity index (χ1) is 8.21. The Hall–Kier alpha value is -1.23. The molecule has 0 bridgehead atoms. The molecule has 0 aliphatic heterocycles. The molecule has 2 nitrogen and oxygen atoms in total. The van der Waals surface area contributed by atoms with Crippen LogP contribution in [0.4, 0.5) is 18.9 Å². The van der Waals surface area contributed by atoms with E-state index < -0.39 is 17.3 Å². The molecular weight excluding hydrogens is 243 g/mol. The van der Waals surface area contributed by atoms with Crippen LogP contribution >= 0.6 is 0 Å². The molecule has 18 heavy (non-hydrogen) atoms. The van der Waals surface area contributed by atoms with Gasteiger partial charge in [-0.15, -0.1) is 0 Å². The van der Waals surface area contributed by atoms with Crippen molar-refractivity contribution in [2.45, 2.75) is 31.0 Å². The van der Waals surface area contributed by atoms with Crippen LogP contribution in [0.5, 0.6) is 0 Å². The first kappa shape index (κ1) is 13.2. The van der Waals surface area contributed by atoms with E-state index >= 15 is 0 Å². The smallest absolute Gasteiger partial charge is 0.390 e. The maximum atomic E-state index is 12.7. The van der Waals surface area contributed by atoms with Crippen molar-refractivity contribution in [2.24, 2.45) is 0 Å². The summed E-state index contributed by atoms with van der Waals surface area (Å²) >= 11 is 0. The van der Waals surface area contributed by atoms with Gasteiger partial charge in [-0.3, -0.25) is 0 Å². The lowest BCUT2D eigenvalue weighted by atomic mass is 10.0. The highest BCUT2D eigenvalue weighted by Gasteiger charge is 2.41. The van der Waals surface area contributed by atoms with Crippen LogP contribution in [0.25, 0.3) is 0 Å². The predicted octanol–water partition coefficient (Wildman–Crippen LogP) is 2.84. The summed E-state index contributed by atoms with van der Waals surface area (Å²) in [7, 11) is 3.56. The fraction of sp³-hybridized carbons (Fsp3) is 0.538. The van der Waals surface area contributed by atoms with Gasteiger partial charge in [-0.1, -0.05) is 0 Å². The Morgan fingerprint density at radius 1 is 1.28 bits per heavy atom. The Morgan fingerprint density at radius 3 is 2.33 bits per heavy atom. The fourth-order valence-electron chi connectivity index (χ4n) is 2.02. The van der Waals surface area contributed by atoms with Crippen LogP contribution in [0.3, 0.4) is 0 Å². The number of alkyl halides is 3. The summed E-state index contributed by atoms with van der Waals surface area (Å²) in [6.45, 7) is 0. The van der Waals surface area contributed by atoms with Crippen molar-refractivity contribution in [3.63, 3.8) is 0 Å². The van der Waals surface area contributed by atoms with Gasteiger partial charge in [0.1, 0.15) is 0 Å². The SMILES string of the molecule is CN(C)c1ccc(C(F)(F)F)cc1CC1(O)CC1. The van der Waals surface area contributed by atoms with Gasteiger partial charge in [0.05, 0.1) is 11.2 Å². The van der Waals surface area contributed by atoms with Gasteiger partial charge in [0.25, 0.3) is 0 Å². The van der Waals surface area contributed by atoms with Crippen molar-refractivity contribution >= 4 is 5.69 Å². The Bertz CT molecular complexity index is 450. The van der Waals surface area contributed by atoms with E-state index in [0.717, 1.165) is 17.8 Å². The van der Waals surface area contributed by atoms with Crippen molar-refractivity contribution in [3.05, 3.63) is 29.3 Å². The van der Waals surface area contributed by atoms with Gasteiger partial charge in [-0.25, -0.2) is 0 Å². The molecule has 0 spiro atoms. The van der Waals surface area contributed by atoms with Gasteiger partial charge in [0, 0.05) is 26.2 Å². The van der Waals surface area contributed by atoms with Crippen LogP contribution in [-0.2, 0) is 12.6 Å². The van der Waals surface area contributed by atoms with Crippen LogP contribution in [0.2, 0.25) is 0 Å². The zero-order valence-corrected chi connectivity index (χ0v) is 10.4. The summed E-state index contributed by atoms with van der Waals surface area (Å²) in [5.41, 5.74) is -0.180. The van der Waals surface area contributed by atoms with Gasteiger partial charge in [-0.2, -0.15) is 13.2 Å². The lowest BCUT2D eigenvalue weighted by Gasteiger charge is -2.21. The van der Waals surface area contributed by atoms with Crippen LogP contribution in [0, 0.1) is 0 Å². The minimum absolute atomic E-state index is 0.282. The summed E-state index contributed by atoms with van der Waals surface area (Å²) in [4.78, 5) is 1.77. The van der Waals surface area contributed by atoms with Crippen LogP contribution in [0.1, 0.15) is 24.0 Å². The molecule has 1 N–H and O–H groups in total. The largest absolute Gasteiger partial charge is 0.416 e.